The first-order chi connectivity index (χ1) is 11.2. The van der Waals surface area contributed by atoms with Crippen molar-refractivity contribution in [3.8, 4) is 0 Å². The van der Waals surface area contributed by atoms with E-state index in [2.05, 4.69) is 17.0 Å². The number of fused-ring (bicyclic) bond motifs is 1. The topological polar surface area (TPSA) is 23.6 Å². The number of carbonyl (C=O) groups excluding carboxylic acids is 1. The SMILES string of the molecule is O=C1C2CSC(c3ccccc3)N2C(=S)N1c1ccc(Cl)cc1. The second-order valence-corrected chi connectivity index (χ2v) is 7.37. The molecule has 2 fully saturated rings. The molecule has 116 valence electrons. The molecular formula is C17H13ClN2OS2. The van der Waals surface area contributed by atoms with Crippen LogP contribution < -0.4 is 4.90 Å². The summed E-state index contributed by atoms with van der Waals surface area (Å²) in [5.41, 5.74) is 1.95. The van der Waals surface area contributed by atoms with Gasteiger partial charge in [0.15, 0.2) is 5.11 Å². The van der Waals surface area contributed by atoms with Gasteiger partial charge in [0.2, 0.25) is 0 Å². The Bertz CT molecular complexity index is 766. The van der Waals surface area contributed by atoms with E-state index >= 15 is 0 Å². The monoisotopic (exact) mass is 360 g/mol. The predicted molar refractivity (Wildman–Crippen MR) is 98.8 cm³/mol. The number of halogens is 1. The van der Waals surface area contributed by atoms with Crippen LogP contribution in [-0.4, -0.2) is 27.7 Å². The minimum absolute atomic E-state index is 0.0447. The summed E-state index contributed by atoms with van der Waals surface area (Å²) < 4.78 is 0. The average molecular weight is 361 g/mol. The summed E-state index contributed by atoms with van der Waals surface area (Å²) in [6.45, 7) is 0. The Balaban J connectivity index is 1.69. The molecule has 3 nitrogen and oxygen atoms in total. The molecule has 0 aliphatic carbocycles. The van der Waals surface area contributed by atoms with Gasteiger partial charge in [-0.2, -0.15) is 0 Å². The van der Waals surface area contributed by atoms with Crippen LogP contribution in [0.5, 0.6) is 0 Å². The highest BCUT2D eigenvalue weighted by Gasteiger charge is 2.50. The number of anilines is 1. The third kappa shape index (κ3) is 2.43. The van der Waals surface area contributed by atoms with Gasteiger partial charge < -0.3 is 4.90 Å². The molecule has 2 aromatic rings. The molecule has 0 radical (unpaired) electrons. The van der Waals surface area contributed by atoms with Gasteiger partial charge in [-0.15, -0.1) is 11.8 Å². The first-order valence-corrected chi connectivity index (χ1v) is 9.09. The highest BCUT2D eigenvalue weighted by atomic mass is 35.5. The van der Waals surface area contributed by atoms with E-state index < -0.39 is 0 Å². The fourth-order valence-corrected chi connectivity index (χ4v) is 5.04. The van der Waals surface area contributed by atoms with Crippen LogP contribution in [0.4, 0.5) is 5.69 Å². The Labute approximate surface area is 149 Å². The first kappa shape index (κ1) is 15.0. The van der Waals surface area contributed by atoms with Gasteiger partial charge in [-0.05, 0) is 42.0 Å². The van der Waals surface area contributed by atoms with Crippen LogP contribution in [0.3, 0.4) is 0 Å². The lowest BCUT2D eigenvalue weighted by atomic mass is 10.2. The number of hydrogen-bond donors (Lipinski definition) is 0. The fourth-order valence-electron chi connectivity index (χ4n) is 2.99. The highest BCUT2D eigenvalue weighted by Crippen LogP contribution is 2.46. The van der Waals surface area contributed by atoms with Crippen molar-refractivity contribution in [2.45, 2.75) is 11.4 Å². The van der Waals surface area contributed by atoms with Gasteiger partial charge in [-0.3, -0.25) is 9.69 Å². The lowest BCUT2D eigenvalue weighted by Crippen LogP contribution is -2.33. The van der Waals surface area contributed by atoms with E-state index in [1.807, 2.05) is 30.3 Å². The number of hydrogen-bond acceptors (Lipinski definition) is 3. The summed E-state index contributed by atoms with van der Waals surface area (Å²) in [6, 6.07) is 17.2. The molecule has 2 aliphatic rings. The molecule has 0 aromatic heterocycles. The fraction of sp³-hybridized carbons (Fsp3) is 0.176. The first-order valence-electron chi connectivity index (χ1n) is 7.25. The second-order valence-electron chi connectivity index (χ2n) is 5.45. The Morgan fingerprint density at radius 2 is 1.78 bits per heavy atom. The minimum atomic E-state index is -0.187. The highest BCUT2D eigenvalue weighted by molar-refractivity contribution is 7.99. The maximum Gasteiger partial charge on any atom is 0.257 e. The molecule has 0 bridgehead atoms. The smallest absolute Gasteiger partial charge is 0.257 e. The van der Waals surface area contributed by atoms with Crippen molar-refractivity contribution in [1.29, 1.82) is 0 Å². The Morgan fingerprint density at radius 3 is 2.48 bits per heavy atom. The summed E-state index contributed by atoms with van der Waals surface area (Å²) in [5, 5.41) is 1.31. The lowest BCUT2D eigenvalue weighted by molar-refractivity contribution is -0.119. The zero-order chi connectivity index (χ0) is 16.0. The molecule has 2 heterocycles. The van der Waals surface area contributed by atoms with E-state index in [1.165, 1.54) is 5.56 Å². The van der Waals surface area contributed by atoms with E-state index in [-0.39, 0.29) is 17.3 Å². The molecule has 2 unspecified atom stereocenters. The Kier molecular flexibility index (Phi) is 3.79. The summed E-state index contributed by atoms with van der Waals surface area (Å²) in [4.78, 5) is 16.5. The number of amides is 1. The molecule has 2 saturated heterocycles. The molecule has 2 aliphatic heterocycles. The van der Waals surface area contributed by atoms with Crippen molar-refractivity contribution in [3.63, 3.8) is 0 Å². The number of carbonyl (C=O) groups is 1. The maximum atomic E-state index is 12.8. The molecule has 2 aromatic carbocycles. The van der Waals surface area contributed by atoms with Crippen molar-refractivity contribution in [2.75, 3.05) is 10.7 Å². The van der Waals surface area contributed by atoms with Crippen LogP contribution in [0.1, 0.15) is 10.9 Å². The molecule has 23 heavy (non-hydrogen) atoms. The Hall–Kier alpha value is -1.56. The van der Waals surface area contributed by atoms with Gasteiger partial charge in [-0.25, -0.2) is 0 Å². The maximum absolute atomic E-state index is 12.8. The number of thioether (sulfide) groups is 1. The summed E-state index contributed by atoms with van der Waals surface area (Å²) in [6.07, 6.45) is 0. The molecule has 0 N–H and O–H groups in total. The van der Waals surface area contributed by atoms with Crippen LogP contribution in [0, 0.1) is 0 Å². The van der Waals surface area contributed by atoms with Gasteiger partial charge in [-0.1, -0.05) is 41.9 Å². The molecule has 2 atom stereocenters. The van der Waals surface area contributed by atoms with Crippen LogP contribution in [0.25, 0.3) is 0 Å². The van der Waals surface area contributed by atoms with Crippen LogP contribution in [0.15, 0.2) is 54.6 Å². The summed E-state index contributed by atoms with van der Waals surface area (Å²) in [7, 11) is 0. The van der Waals surface area contributed by atoms with Gasteiger partial charge in [0, 0.05) is 10.8 Å². The molecule has 4 rings (SSSR count). The van der Waals surface area contributed by atoms with Crippen LogP contribution in [0.2, 0.25) is 5.02 Å². The van der Waals surface area contributed by atoms with E-state index in [9.17, 15) is 4.79 Å². The minimum Gasteiger partial charge on any atom is -0.319 e. The molecule has 0 saturated carbocycles. The number of nitrogens with zero attached hydrogens (tertiary/aromatic N) is 2. The third-order valence-electron chi connectivity index (χ3n) is 4.09. The molecular weight excluding hydrogens is 348 g/mol. The van der Waals surface area contributed by atoms with Crippen molar-refractivity contribution in [3.05, 3.63) is 65.2 Å². The molecule has 0 spiro atoms. The number of benzene rings is 2. The second kappa shape index (κ2) is 5.82. The third-order valence-corrected chi connectivity index (χ3v) is 6.06. The van der Waals surface area contributed by atoms with Crippen molar-refractivity contribution in [2.24, 2.45) is 0 Å². The largest absolute Gasteiger partial charge is 0.319 e. The zero-order valence-electron chi connectivity index (χ0n) is 12.1. The van der Waals surface area contributed by atoms with E-state index in [0.717, 1.165) is 11.4 Å². The van der Waals surface area contributed by atoms with Crippen molar-refractivity contribution < 1.29 is 4.79 Å². The molecule has 6 heteroatoms. The van der Waals surface area contributed by atoms with Gasteiger partial charge in [0.25, 0.3) is 5.91 Å². The molecule has 1 amide bonds. The van der Waals surface area contributed by atoms with Crippen molar-refractivity contribution >= 4 is 52.3 Å². The normalized spacial score (nSPS) is 23.5. The number of rotatable bonds is 2. The van der Waals surface area contributed by atoms with Crippen LogP contribution >= 0.6 is 35.6 Å². The van der Waals surface area contributed by atoms with Gasteiger partial charge in [0.1, 0.15) is 11.4 Å². The summed E-state index contributed by atoms with van der Waals surface area (Å²) >= 11 is 13.3. The summed E-state index contributed by atoms with van der Waals surface area (Å²) in [5.74, 6) is 0.797. The van der Waals surface area contributed by atoms with Gasteiger partial charge in [0.05, 0.1) is 5.69 Å². The average Bonchev–Trinajstić information content (AvgIpc) is 3.11. The Morgan fingerprint density at radius 1 is 1.09 bits per heavy atom. The van der Waals surface area contributed by atoms with E-state index in [1.54, 1.807) is 28.8 Å². The van der Waals surface area contributed by atoms with Crippen LogP contribution in [-0.2, 0) is 4.79 Å². The lowest BCUT2D eigenvalue weighted by Gasteiger charge is -2.25. The number of thiocarbonyl (C=S) groups is 1. The standard InChI is InChI=1S/C17H13ClN2OS2/c18-12-6-8-13(9-7-12)19-15(21)14-10-23-16(20(14)17(19)22)11-4-2-1-3-5-11/h1-9,14,16H,10H2. The quantitative estimate of drug-likeness (QED) is 0.753. The zero-order valence-corrected chi connectivity index (χ0v) is 14.4. The van der Waals surface area contributed by atoms with E-state index in [4.69, 9.17) is 23.8 Å². The van der Waals surface area contributed by atoms with Crippen molar-refractivity contribution in [1.82, 2.24) is 4.90 Å². The van der Waals surface area contributed by atoms with Gasteiger partial charge >= 0.3 is 0 Å². The predicted octanol–water partition coefficient (Wildman–Crippen LogP) is 4.09. The van der Waals surface area contributed by atoms with E-state index in [0.29, 0.717) is 10.1 Å².